The van der Waals surface area contributed by atoms with Crippen LogP contribution in [0, 0.1) is 5.82 Å². The van der Waals surface area contributed by atoms with Crippen molar-refractivity contribution in [2.45, 2.75) is 70.9 Å². The highest BCUT2D eigenvalue weighted by Gasteiger charge is 2.30. The number of fused-ring (bicyclic) bond motifs is 1. The molecule has 1 aliphatic rings. The van der Waals surface area contributed by atoms with E-state index in [2.05, 4.69) is 31.0 Å². The Labute approximate surface area is 207 Å². The molecule has 0 radical (unpaired) electrons. The zero-order chi connectivity index (χ0) is 26.5. The van der Waals surface area contributed by atoms with E-state index in [9.17, 15) is 23.1 Å². The van der Waals surface area contributed by atoms with Crippen LogP contribution in [0.1, 0.15) is 57.3 Å². The van der Waals surface area contributed by atoms with Crippen molar-refractivity contribution < 1.29 is 23.1 Å². The van der Waals surface area contributed by atoms with Crippen LogP contribution in [0.3, 0.4) is 0 Å². The Kier molecular flexibility index (Phi) is 8.72. The van der Waals surface area contributed by atoms with E-state index < -0.39 is 42.3 Å². The van der Waals surface area contributed by atoms with E-state index >= 15 is 0 Å². The predicted octanol–water partition coefficient (Wildman–Crippen LogP) is 4.17. The van der Waals surface area contributed by atoms with Crippen LogP contribution in [0.5, 0.6) is 0 Å². The van der Waals surface area contributed by atoms with E-state index in [-0.39, 0.29) is 22.9 Å². The van der Waals surface area contributed by atoms with Gasteiger partial charge in [0.2, 0.25) is 0 Å². The number of carbonyl (C=O) groups excluding carboxylic acids is 1. The second-order valence-corrected chi connectivity index (χ2v) is 8.84. The molecule has 3 aromatic rings. The largest absolute Gasteiger partial charge is 0.387 e. The quantitative estimate of drug-likeness (QED) is 0.362. The predicted molar refractivity (Wildman–Crippen MR) is 131 cm³/mol. The lowest BCUT2D eigenvalue weighted by molar-refractivity contribution is -0.00177. The summed E-state index contributed by atoms with van der Waals surface area (Å²) in [5, 5.41) is 21.9. The minimum atomic E-state index is -1.70. The standard InChI is InChI=1S/C22H26F3N7O2.C2H6/c1-22(2,34)17(25)10-27-21(33)12-9-26-18(8-16(12)29-15-5-3-4-13(15)23)30-20-14(24)11-32-19(31-20)6-7-28-32;1-2/h6-9,11,13,15,17,34H,3-5,10H2,1-2H3,(H,27,33)(H2,26,29,30,31);1-2H3. The fourth-order valence-corrected chi connectivity index (χ4v) is 3.67. The van der Waals surface area contributed by atoms with Gasteiger partial charge < -0.3 is 21.1 Å². The molecule has 4 N–H and O–H groups in total. The van der Waals surface area contributed by atoms with Gasteiger partial charge in [-0.05, 0) is 33.1 Å². The van der Waals surface area contributed by atoms with Gasteiger partial charge in [0.15, 0.2) is 17.3 Å². The molecule has 36 heavy (non-hydrogen) atoms. The Morgan fingerprint density at radius 3 is 2.75 bits per heavy atom. The van der Waals surface area contributed by atoms with E-state index in [1.807, 2.05) is 13.8 Å². The molecule has 0 aliphatic heterocycles. The number of nitrogens with one attached hydrogen (secondary N) is 3. The third-order valence-electron chi connectivity index (χ3n) is 5.71. The number of carbonyl (C=O) groups is 1. The van der Waals surface area contributed by atoms with E-state index in [1.54, 1.807) is 6.07 Å². The highest BCUT2D eigenvalue weighted by atomic mass is 19.1. The van der Waals surface area contributed by atoms with Crippen molar-refractivity contribution in [1.29, 1.82) is 0 Å². The first-order chi connectivity index (χ1) is 17.1. The monoisotopic (exact) mass is 507 g/mol. The molecule has 3 heterocycles. The van der Waals surface area contributed by atoms with E-state index in [4.69, 9.17) is 0 Å². The third kappa shape index (κ3) is 6.42. The summed E-state index contributed by atoms with van der Waals surface area (Å²) in [6.07, 6.45) is 2.77. The van der Waals surface area contributed by atoms with Gasteiger partial charge in [0, 0.05) is 18.3 Å². The van der Waals surface area contributed by atoms with Crippen LogP contribution in [0.4, 0.5) is 30.5 Å². The topological polar surface area (TPSA) is 116 Å². The van der Waals surface area contributed by atoms with Gasteiger partial charge in [0.1, 0.15) is 18.2 Å². The molecule has 196 valence electrons. The summed E-state index contributed by atoms with van der Waals surface area (Å²) in [6, 6.07) is 2.54. The number of pyridine rings is 1. The number of anilines is 3. The molecule has 1 aliphatic carbocycles. The molecule has 1 fully saturated rings. The fourth-order valence-electron chi connectivity index (χ4n) is 3.67. The van der Waals surface area contributed by atoms with Crippen LogP contribution in [-0.2, 0) is 0 Å². The zero-order valence-corrected chi connectivity index (χ0v) is 20.7. The van der Waals surface area contributed by atoms with Crippen LogP contribution >= 0.6 is 0 Å². The minimum Gasteiger partial charge on any atom is -0.387 e. The molecule has 0 saturated heterocycles. The van der Waals surface area contributed by atoms with Gasteiger partial charge in [-0.3, -0.25) is 4.79 Å². The van der Waals surface area contributed by atoms with Gasteiger partial charge in [0.25, 0.3) is 5.91 Å². The van der Waals surface area contributed by atoms with Gasteiger partial charge in [-0.2, -0.15) is 5.10 Å². The van der Waals surface area contributed by atoms with Gasteiger partial charge >= 0.3 is 0 Å². The van der Waals surface area contributed by atoms with Crippen molar-refractivity contribution in [3.05, 3.63) is 42.1 Å². The molecule has 3 atom stereocenters. The molecule has 1 saturated carbocycles. The number of nitrogens with zero attached hydrogens (tertiary/aromatic N) is 4. The Morgan fingerprint density at radius 2 is 2.08 bits per heavy atom. The maximum atomic E-state index is 14.4. The minimum absolute atomic E-state index is 0.0623. The number of rotatable bonds is 8. The highest BCUT2D eigenvalue weighted by molar-refractivity contribution is 6.00. The molecule has 3 unspecified atom stereocenters. The number of hydrogen-bond donors (Lipinski definition) is 4. The van der Waals surface area contributed by atoms with E-state index in [0.29, 0.717) is 24.9 Å². The normalized spacial score (nSPS) is 18.3. The average Bonchev–Trinajstić information content (AvgIpc) is 3.46. The average molecular weight is 508 g/mol. The number of amides is 1. The van der Waals surface area contributed by atoms with Gasteiger partial charge in [-0.15, -0.1) is 0 Å². The lowest BCUT2D eigenvalue weighted by Gasteiger charge is -2.23. The molecule has 4 rings (SSSR count). The third-order valence-corrected chi connectivity index (χ3v) is 5.71. The summed E-state index contributed by atoms with van der Waals surface area (Å²) < 4.78 is 44.1. The number of hydrogen-bond acceptors (Lipinski definition) is 7. The summed E-state index contributed by atoms with van der Waals surface area (Å²) >= 11 is 0. The van der Waals surface area contributed by atoms with Gasteiger partial charge in [-0.25, -0.2) is 27.7 Å². The summed E-state index contributed by atoms with van der Waals surface area (Å²) in [4.78, 5) is 21.1. The van der Waals surface area contributed by atoms with E-state index in [0.717, 1.165) is 6.20 Å². The second kappa shape index (κ2) is 11.5. The smallest absolute Gasteiger partial charge is 0.255 e. The van der Waals surface area contributed by atoms with Gasteiger partial charge in [-0.1, -0.05) is 13.8 Å². The second-order valence-electron chi connectivity index (χ2n) is 8.84. The van der Waals surface area contributed by atoms with Crippen LogP contribution in [0.25, 0.3) is 5.65 Å². The van der Waals surface area contributed by atoms with Gasteiger partial charge in [0.05, 0.1) is 41.8 Å². The maximum absolute atomic E-state index is 14.4. The summed E-state index contributed by atoms with van der Waals surface area (Å²) in [5.41, 5.74) is -0.891. The first-order valence-corrected chi connectivity index (χ1v) is 11.9. The van der Waals surface area contributed by atoms with Crippen LogP contribution in [-0.4, -0.2) is 61.1 Å². The van der Waals surface area contributed by atoms with Crippen molar-refractivity contribution in [1.82, 2.24) is 24.9 Å². The van der Waals surface area contributed by atoms with E-state index in [1.165, 1.54) is 36.8 Å². The zero-order valence-electron chi connectivity index (χ0n) is 20.7. The maximum Gasteiger partial charge on any atom is 0.255 e. The Bertz CT molecular complexity index is 1180. The SMILES string of the molecule is CC.CC(C)(O)C(F)CNC(=O)c1cnc(Nc2nc3ccnn3cc2F)cc1NC1CCCC1F. The molecule has 0 spiro atoms. The molecule has 0 bridgehead atoms. The summed E-state index contributed by atoms with van der Waals surface area (Å²) in [6.45, 7) is 6.18. The lowest BCUT2D eigenvalue weighted by atomic mass is 10.0. The molecule has 12 heteroatoms. The van der Waals surface area contributed by atoms with Crippen LogP contribution in [0.15, 0.2) is 30.7 Å². The number of aromatic nitrogens is 4. The Morgan fingerprint density at radius 1 is 1.33 bits per heavy atom. The van der Waals surface area contributed by atoms with Crippen molar-refractivity contribution in [3.63, 3.8) is 0 Å². The van der Waals surface area contributed by atoms with Crippen molar-refractivity contribution in [2.24, 2.45) is 0 Å². The summed E-state index contributed by atoms with van der Waals surface area (Å²) in [7, 11) is 0. The first-order valence-electron chi connectivity index (χ1n) is 11.9. The Hall–Kier alpha value is -3.41. The summed E-state index contributed by atoms with van der Waals surface area (Å²) in [5.74, 6) is -1.25. The molecule has 9 nitrogen and oxygen atoms in total. The molecule has 0 aromatic carbocycles. The molecular formula is C24H32F3N7O2. The first kappa shape index (κ1) is 27.2. The molecule has 1 amide bonds. The van der Waals surface area contributed by atoms with Crippen molar-refractivity contribution in [2.75, 3.05) is 17.2 Å². The lowest BCUT2D eigenvalue weighted by Crippen LogP contribution is -2.42. The number of aliphatic hydroxyl groups is 1. The Balaban J connectivity index is 0.00000176. The van der Waals surface area contributed by atoms with Crippen molar-refractivity contribution in [3.8, 4) is 0 Å². The fraction of sp³-hybridized carbons (Fsp3) is 0.500. The molecular weight excluding hydrogens is 475 g/mol. The van der Waals surface area contributed by atoms with Crippen molar-refractivity contribution >= 4 is 28.9 Å². The van der Waals surface area contributed by atoms with Crippen LogP contribution < -0.4 is 16.0 Å². The molecule has 3 aromatic heterocycles. The highest BCUT2D eigenvalue weighted by Crippen LogP contribution is 2.29. The number of alkyl halides is 2. The van der Waals surface area contributed by atoms with Crippen LogP contribution in [0.2, 0.25) is 0 Å². The number of halogens is 3.